The number of hydrogen-bond acceptors (Lipinski definition) is 6. The van der Waals surface area contributed by atoms with Crippen LogP contribution in [0.2, 0.25) is 0 Å². The van der Waals surface area contributed by atoms with Crippen LogP contribution in [-0.4, -0.2) is 38.3 Å². The third-order valence-electron chi connectivity index (χ3n) is 4.35. The predicted molar refractivity (Wildman–Crippen MR) is 104 cm³/mol. The second-order valence-electron chi connectivity index (χ2n) is 6.21. The Bertz CT molecular complexity index is 1080. The highest BCUT2D eigenvalue weighted by Gasteiger charge is 2.23. The molecule has 0 unspecified atom stereocenters. The van der Waals surface area contributed by atoms with Crippen LogP contribution in [0.4, 0.5) is 5.82 Å². The van der Waals surface area contributed by atoms with E-state index in [1.807, 2.05) is 30.3 Å². The van der Waals surface area contributed by atoms with Gasteiger partial charge < -0.3 is 14.2 Å². The molecule has 1 aromatic heterocycles. The third-order valence-corrected chi connectivity index (χ3v) is 5.60. The van der Waals surface area contributed by atoms with Gasteiger partial charge >= 0.3 is 0 Å². The monoisotopic (exact) mass is 401 g/mol. The number of ether oxygens (including phenoxy) is 3. The summed E-state index contributed by atoms with van der Waals surface area (Å²) in [5.41, 5.74) is 2.14. The summed E-state index contributed by atoms with van der Waals surface area (Å²) in [5, 5.41) is 6.77. The van der Waals surface area contributed by atoms with Crippen molar-refractivity contribution in [2.45, 2.75) is 6.42 Å². The number of hydrogen-bond donors (Lipinski definition) is 2. The molecule has 28 heavy (non-hydrogen) atoms. The molecule has 1 aliphatic rings. The van der Waals surface area contributed by atoms with Crippen LogP contribution in [0.25, 0.3) is 11.1 Å². The molecule has 2 N–H and O–H groups in total. The van der Waals surface area contributed by atoms with Crippen molar-refractivity contribution in [3.63, 3.8) is 0 Å². The van der Waals surface area contributed by atoms with Crippen LogP contribution >= 0.6 is 0 Å². The zero-order valence-corrected chi connectivity index (χ0v) is 16.0. The lowest BCUT2D eigenvalue weighted by atomic mass is 10.1. The van der Waals surface area contributed by atoms with Crippen molar-refractivity contribution in [2.24, 2.45) is 0 Å². The highest BCUT2D eigenvalue weighted by atomic mass is 32.2. The number of aryl methyl sites for hydroxylation is 1. The number of nitrogens with one attached hydrogen (secondary N) is 2. The molecule has 146 valence electrons. The Hall–Kier alpha value is -3.20. The first-order chi connectivity index (χ1) is 13.6. The van der Waals surface area contributed by atoms with Crippen LogP contribution in [0.1, 0.15) is 5.56 Å². The molecule has 2 heterocycles. The number of nitrogens with zero attached hydrogens (tertiary/aromatic N) is 1. The average Bonchev–Trinajstić information content (AvgIpc) is 3.32. The van der Waals surface area contributed by atoms with E-state index in [1.54, 1.807) is 18.2 Å². The van der Waals surface area contributed by atoms with E-state index >= 15 is 0 Å². The van der Waals surface area contributed by atoms with Gasteiger partial charge in [-0.3, -0.25) is 9.82 Å². The number of rotatable bonds is 7. The van der Waals surface area contributed by atoms with E-state index in [2.05, 4.69) is 14.9 Å². The smallest absolute Gasteiger partial charge is 0.242 e. The Morgan fingerprint density at radius 1 is 1.14 bits per heavy atom. The standard InChI is InChI=1S/C19H19N3O5S/c1-25-19-17(14-7-8-15-16(11-14)27-12-26-15)18(20-21-19)22-28(23,24)10-9-13-5-3-2-4-6-13/h2-8,11H,9-10,12H2,1H3,(H2,20,21,22). The summed E-state index contributed by atoms with van der Waals surface area (Å²) in [4.78, 5) is 0. The van der Waals surface area contributed by atoms with Crippen molar-refractivity contribution in [1.29, 1.82) is 0 Å². The van der Waals surface area contributed by atoms with Crippen molar-refractivity contribution < 1.29 is 22.6 Å². The van der Waals surface area contributed by atoms with Gasteiger partial charge in [0.1, 0.15) is 5.82 Å². The molecule has 8 nitrogen and oxygen atoms in total. The van der Waals surface area contributed by atoms with Gasteiger partial charge in [-0.05, 0) is 29.7 Å². The van der Waals surface area contributed by atoms with Crippen LogP contribution in [0, 0.1) is 0 Å². The first kappa shape index (κ1) is 18.2. The number of anilines is 1. The minimum atomic E-state index is -3.60. The Kier molecular flexibility index (Phi) is 4.82. The molecule has 0 saturated carbocycles. The molecule has 0 saturated heterocycles. The Morgan fingerprint density at radius 3 is 2.71 bits per heavy atom. The molecule has 0 spiro atoms. The summed E-state index contributed by atoms with van der Waals surface area (Å²) in [6, 6.07) is 14.8. The summed E-state index contributed by atoms with van der Waals surface area (Å²) < 4.78 is 43.8. The number of methoxy groups -OCH3 is 1. The Labute approximate surface area is 162 Å². The highest BCUT2D eigenvalue weighted by molar-refractivity contribution is 7.92. The molecule has 0 aliphatic carbocycles. The van der Waals surface area contributed by atoms with Gasteiger partial charge in [-0.15, -0.1) is 5.10 Å². The maximum absolute atomic E-state index is 12.6. The van der Waals surface area contributed by atoms with Gasteiger partial charge in [-0.1, -0.05) is 36.4 Å². The van der Waals surface area contributed by atoms with Crippen LogP contribution in [0.5, 0.6) is 17.4 Å². The lowest BCUT2D eigenvalue weighted by molar-refractivity contribution is 0.174. The number of aromatic nitrogens is 2. The van der Waals surface area contributed by atoms with Gasteiger partial charge in [-0.2, -0.15) is 0 Å². The topological polar surface area (TPSA) is 103 Å². The van der Waals surface area contributed by atoms with Crippen LogP contribution in [-0.2, 0) is 16.4 Å². The average molecular weight is 401 g/mol. The number of H-pyrrole nitrogens is 1. The minimum absolute atomic E-state index is 0.0566. The van der Waals surface area contributed by atoms with E-state index in [0.29, 0.717) is 29.0 Å². The Morgan fingerprint density at radius 2 is 1.93 bits per heavy atom. The number of aromatic amines is 1. The van der Waals surface area contributed by atoms with Gasteiger partial charge in [0.2, 0.25) is 22.7 Å². The maximum Gasteiger partial charge on any atom is 0.242 e. The lowest BCUT2D eigenvalue weighted by Gasteiger charge is -2.10. The molecule has 4 rings (SSSR count). The molecule has 9 heteroatoms. The minimum Gasteiger partial charge on any atom is -0.479 e. The number of benzene rings is 2. The first-order valence-electron chi connectivity index (χ1n) is 8.62. The zero-order chi connectivity index (χ0) is 19.6. The van der Waals surface area contributed by atoms with Gasteiger partial charge in [0.05, 0.1) is 18.4 Å². The van der Waals surface area contributed by atoms with Crippen LogP contribution in [0.3, 0.4) is 0 Å². The summed E-state index contributed by atoms with van der Waals surface area (Å²) in [6.45, 7) is 0.153. The van der Waals surface area contributed by atoms with Gasteiger partial charge in [0, 0.05) is 0 Å². The fourth-order valence-corrected chi connectivity index (χ4v) is 4.04. The van der Waals surface area contributed by atoms with Crippen LogP contribution in [0.15, 0.2) is 48.5 Å². The molecule has 0 amide bonds. The van der Waals surface area contributed by atoms with Crippen LogP contribution < -0.4 is 18.9 Å². The molecule has 0 atom stereocenters. The van der Waals surface area contributed by atoms with Crippen molar-refractivity contribution in [2.75, 3.05) is 24.4 Å². The van der Waals surface area contributed by atoms with Gasteiger partial charge in [0.15, 0.2) is 11.5 Å². The third kappa shape index (κ3) is 3.74. The Balaban J connectivity index is 1.59. The fraction of sp³-hybridized carbons (Fsp3) is 0.211. The largest absolute Gasteiger partial charge is 0.479 e. The summed E-state index contributed by atoms with van der Waals surface area (Å²) in [6.07, 6.45) is 0.404. The maximum atomic E-state index is 12.6. The molecule has 2 aromatic carbocycles. The molecular weight excluding hydrogens is 382 g/mol. The SMILES string of the molecule is COc1n[nH]c(NS(=O)(=O)CCc2ccccc2)c1-c1ccc2c(c1)OCO2. The van der Waals surface area contributed by atoms with E-state index in [9.17, 15) is 8.42 Å². The second kappa shape index (κ2) is 7.43. The summed E-state index contributed by atoms with van der Waals surface area (Å²) >= 11 is 0. The molecule has 0 bridgehead atoms. The lowest BCUT2D eigenvalue weighted by Crippen LogP contribution is -2.19. The number of sulfonamides is 1. The van der Waals surface area contributed by atoms with Crippen molar-refractivity contribution in [3.8, 4) is 28.5 Å². The van der Waals surface area contributed by atoms with E-state index in [1.165, 1.54) is 7.11 Å². The zero-order valence-electron chi connectivity index (χ0n) is 15.1. The highest BCUT2D eigenvalue weighted by Crippen LogP contribution is 2.41. The molecule has 3 aromatic rings. The fourth-order valence-electron chi connectivity index (χ4n) is 2.97. The van der Waals surface area contributed by atoms with E-state index < -0.39 is 10.0 Å². The van der Waals surface area contributed by atoms with E-state index in [-0.39, 0.29) is 24.2 Å². The van der Waals surface area contributed by atoms with E-state index in [0.717, 1.165) is 5.56 Å². The first-order valence-corrected chi connectivity index (χ1v) is 10.3. The molecule has 1 aliphatic heterocycles. The summed E-state index contributed by atoms with van der Waals surface area (Å²) in [5.74, 6) is 1.68. The summed E-state index contributed by atoms with van der Waals surface area (Å²) in [7, 11) is -2.13. The quantitative estimate of drug-likeness (QED) is 0.631. The van der Waals surface area contributed by atoms with E-state index in [4.69, 9.17) is 14.2 Å². The normalized spacial score (nSPS) is 12.8. The van der Waals surface area contributed by atoms with Crippen molar-refractivity contribution in [1.82, 2.24) is 10.2 Å². The van der Waals surface area contributed by atoms with Gasteiger partial charge in [-0.25, -0.2) is 8.42 Å². The second-order valence-corrected chi connectivity index (χ2v) is 8.05. The van der Waals surface area contributed by atoms with Crippen molar-refractivity contribution in [3.05, 3.63) is 54.1 Å². The predicted octanol–water partition coefficient (Wildman–Crippen LogP) is 2.80. The number of fused-ring (bicyclic) bond motifs is 1. The molecule has 0 fully saturated rings. The van der Waals surface area contributed by atoms with Gasteiger partial charge in [0.25, 0.3) is 0 Å². The van der Waals surface area contributed by atoms with Crippen molar-refractivity contribution >= 4 is 15.8 Å². The molecular formula is C19H19N3O5S. The molecule has 0 radical (unpaired) electrons.